The molecule has 0 aliphatic carbocycles. The van der Waals surface area contributed by atoms with Crippen molar-refractivity contribution in [3.8, 4) is 11.3 Å². The largest absolute Gasteiger partial charge is 0.462 e. The molecule has 0 fully saturated rings. The van der Waals surface area contributed by atoms with E-state index in [-0.39, 0.29) is 24.3 Å². The van der Waals surface area contributed by atoms with Gasteiger partial charge in [-0.3, -0.25) is 4.79 Å². The average molecular weight is 287 g/mol. The minimum Gasteiger partial charge on any atom is -0.462 e. The number of alkyl halides is 3. The molecule has 0 aliphatic rings. The number of ether oxygens (including phenoxy) is 1. The van der Waals surface area contributed by atoms with Gasteiger partial charge in [0.05, 0.1) is 21.6 Å². The summed E-state index contributed by atoms with van der Waals surface area (Å²) < 4.78 is 43.3. The van der Waals surface area contributed by atoms with Gasteiger partial charge in [0.15, 0.2) is 0 Å². The minimum absolute atomic E-state index is 0.0132. The number of halogens is 3. The highest BCUT2D eigenvalue weighted by molar-refractivity contribution is 7.10. The third-order valence-corrected chi connectivity index (χ3v) is 3.22. The second-order valence-electron chi connectivity index (χ2n) is 3.57. The Balaban J connectivity index is 2.48. The first kappa shape index (κ1) is 13.5. The second kappa shape index (κ2) is 5.40. The molecule has 7 heteroatoms. The van der Waals surface area contributed by atoms with E-state index in [1.807, 2.05) is 0 Å². The van der Waals surface area contributed by atoms with Gasteiger partial charge in [0.1, 0.15) is 6.61 Å². The van der Waals surface area contributed by atoms with Crippen molar-refractivity contribution in [2.75, 3.05) is 0 Å². The molecule has 0 aliphatic heterocycles. The quantitative estimate of drug-likeness (QED) is 0.808. The van der Waals surface area contributed by atoms with Crippen LogP contribution in [0.2, 0.25) is 0 Å². The lowest BCUT2D eigenvalue weighted by Crippen LogP contribution is -2.07. The summed E-state index contributed by atoms with van der Waals surface area (Å²) in [7, 11) is 0. The van der Waals surface area contributed by atoms with Crippen LogP contribution in [0, 0.1) is 0 Å². The predicted molar refractivity (Wildman–Crippen MR) is 63.4 cm³/mol. The zero-order valence-electron chi connectivity index (χ0n) is 9.48. The fourth-order valence-electron chi connectivity index (χ4n) is 1.64. The Hall–Kier alpha value is -1.89. The molecular weight excluding hydrogens is 279 g/mol. The zero-order valence-corrected chi connectivity index (χ0v) is 10.3. The van der Waals surface area contributed by atoms with Crippen molar-refractivity contribution in [1.29, 1.82) is 0 Å². The van der Waals surface area contributed by atoms with Crippen LogP contribution in [-0.4, -0.2) is 11.5 Å². The Morgan fingerprint density at radius 3 is 2.74 bits per heavy atom. The van der Waals surface area contributed by atoms with E-state index in [2.05, 4.69) is 9.72 Å². The molecule has 1 aromatic heterocycles. The van der Waals surface area contributed by atoms with Crippen molar-refractivity contribution >= 4 is 17.8 Å². The Bertz CT molecular complexity index is 580. The van der Waals surface area contributed by atoms with E-state index in [1.165, 1.54) is 23.7 Å². The fourth-order valence-corrected chi connectivity index (χ4v) is 2.33. The molecule has 2 rings (SSSR count). The molecule has 100 valence electrons. The van der Waals surface area contributed by atoms with Crippen molar-refractivity contribution in [2.24, 2.45) is 0 Å². The Morgan fingerprint density at radius 2 is 2.05 bits per heavy atom. The number of nitrogens with zero attached hydrogens (tertiary/aromatic N) is 1. The molecule has 0 atom stereocenters. The lowest BCUT2D eigenvalue weighted by Gasteiger charge is -2.12. The molecule has 1 heterocycles. The SMILES string of the molecule is O=COCc1scnc1-c1ccccc1C(F)(F)F. The van der Waals surface area contributed by atoms with E-state index in [0.717, 1.165) is 17.4 Å². The summed E-state index contributed by atoms with van der Waals surface area (Å²) in [5.74, 6) is 0. The van der Waals surface area contributed by atoms with E-state index in [0.29, 0.717) is 4.88 Å². The summed E-state index contributed by atoms with van der Waals surface area (Å²) in [4.78, 5) is 14.6. The summed E-state index contributed by atoms with van der Waals surface area (Å²) in [6.07, 6.45) is -4.46. The van der Waals surface area contributed by atoms with Gasteiger partial charge in [0.2, 0.25) is 0 Å². The van der Waals surface area contributed by atoms with Gasteiger partial charge in [-0.2, -0.15) is 13.2 Å². The van der Waals surface area contributed by atoms with E-state index >= 15 is 0 Å². The van der Waals surface area contributed by atoms with Crippen LogP contribution in [0.1, 0.15) is 10.4 Å². The van der Waals surface area contributed by atoms with Crippen LogP contribution in [-0.2, 0) is 22.3 Å². The molecule has 2 aromatic rings. The van der Waals surface area contributed by atoms with Crippen molar-refractivity contribution in [3.05, 3.63) is 40.2 Å². The number of rotatable bonds is 4. The number of carbonyl (C=O) groups is 1. The summed E-state index contributed by atoms with van der Waals surface area (Å²) in [6.45, 7) is 0.162. The van der Waals surface area contributed by atoms with Crippen molar-refractivity contribution in [3.63, 3.8) is 0 Å². The molecule has 0 bridgehead atoms. The van der Waals surface area contributed by atoms with Crippen LogP contribution < -0.4 is 0 Å². The van der Waals surface area contributed by atoms with E-state index in [1.54, 1.807) is 0 Å². The number of carbonyl (C=O) groups excluding carboxylic acids is 1. The molecule has 0 N–H and O–H groups in total. The molecule has 0 amide bonds. The second-order valence-corrected chi connectivity index (χ2v) is 4.51. The van der Waals surface area contributed by atoms with Crippen LogP contribution in [0.4, 0.5) is 13.2 Å². The molecule has 3 nitrogen and oxygen atoms in total. The summed E-state index contributed by atoms with van der Waals surface area (Å²) in [6, 6.07) is 5.18. The molecule has 0 saturated carbocycles. The third-order valence-electron chi connectivity index (χ3n) is 2.41. The fraction of sp³-hybridized carbons (Fsp3) is 0.167. The molecule has 0 spiro atoms. The van der Waals surface area contributed by atoms with Gasteiger partial charge in [-0.15, -0.1) is 11.3 Å². The minimum atomic E-state index is -4.46. The maximum Gasteiger partial charge on any atom is 0.417 e. The lowest BCUT2D eigenvalue weighted by atomic mass is 10.0. The summed E-state index contributed by atoms with van der Waals surface area (Å²) >= 11 is 1.14. The van der Waals surface area contributed by atoms with Gasteiger partial charge < -0.3 is 4.74 Å². The average Bonchev–Trinajstić information content (AvgIpc) is 2.83. The predicted octanol–water partition coefficient (Wildman–Crippen LogP) is 3.50. The van der Waals surface area contributed by atoms with Crippen molar-refractivity contribution in [1.82, 2.24) is 4.98 Å². The summed E-state index contributed by atoms with van der Waals surface area (Å²) in [5.41, 5.74) is 0.847. The molecule has 0 unspecified atom stereocenters. The highest BCUT2D eigenvalue weighted by Crippen LogP contribution is 2.38. The first-order valence-electron chi connectivity index (χ1n) is 5.18. The van der Waals surface area contributed by atoms with Crippen LogP contribution in [0.5, 0.6) is 0 Å². The lowest BCUT2D eigenvalue weighted by molar-refractivity contribution is -0.137. The van der Waals surface area contributed by atoms with Gasteiger partial charge >= 0.3 is 6.18 Å². The smallest absolute Gasteiger partial charge is 0.417 e. The normalized spacial score (nSPS) is 11.3. The van der Waals surface area contributed by atoms with Gasteiger partial charge in [-0.1, -0.05) is 18.2 Å². The number of hydrogen-bond donors (Lipinski definition) is 0. The maximum atomic E-state index is 12.9. The van der Waals surface area contributed by atoms with Crippen molar-refractivity contribution < 1.29 is 22.7 Å². The number of benzene rings is 1. The third kappa shape index (κ3) is 2.93. The monoisotopic (exact) mass is 287 g/mol. The van der Waals surface area contributed by atoms with E-state index in [4.69, 9.17) is 0 Å². The van der Waals surface area contributed by atoms with Gasteiger partial charge in [0, 0.05) is 5.56 Å². The number of thiazole rings is 1. The topological polar surface area (TPSA) is 39.2 Å². The molecule has 1 aromatic carbocycles. The van der Waals surface area contributed by atoms with Crippen LogP contribution in [0.15, 0.2) is 29.8 Å². The van der Waals surface area contributed by atoms with Crippen molar-refractivity contribution in [2.45, 2.75) is 12.8 Å². The number of aromatic nitrogens is 1. The molecule has 0 saturated heterocycles. The molecule has 19 heavy (non-hydrogen) atoms. The Morgan fingerprint density at radius 1 is 1.32 bits per heavy atom. The maximum absolute atomic E-state index is 12.9. The van der Waals surface area contributed by atoms with Gasteiger partial charge in [-0.25, -0.2) is 4.98 Å². The van der Waals surface area contributed by atoms with Gasteiger partial charge in [-0.05, 0) is 6.07 Å². The standard InChI is InChI=1S/C12H8F3NO2S/c13-12(14,15)9-4-2-1-3-8(9)11-10(5-18-7-17)19-6-16-11/h1-4,6-7H,5H2. The molecule has 0 radical (unpaired) electrons. The number of hydrogen-bond acceptors (Lipinski definition) is 4. The van der Waals surface area contributed by atoms with E-state index in [9.17, 15) is 18.0 Å². The van der Waals surface area contributed by atoms with Crippen LogP contribution in [0.25, 0.3) is 11.3 Å². The van der Waals surface area contributed by atoms with Crippen LogP contribution in [0.3, 0.4) is 0 Å². The highest BCUT2D eigenvalue weighted by atomic mass is 32.1. The highest BCUT2D eigenvalue weighted by Gasteiger charge is 2.34. The Labute approximate surface area is 110 Å². The first-order valence-corrected chi connectivity index (χ1v) is 6.06. The molecular formula is C12H8F3NO2S. The van der Waals surface area contributed by atoms with E-state index < -0.39 is 11.7 Å². The van der Waals surface area contributed by atoms with Gasteiger partial charge in [0.25, 0.3) is 6.47 Å². The zero-order chi connectivity index (χ0) is 13.9. The Kier molecular flexibility index (Phi) is 3.84. The first-order chi connectivity index (χ1) is 9.04. The summed E-state index contributed by atoms with van der Waals surface area (Å²) in [5, 5.41) is 0. The van der Waals surface area contributed by atoms with Crippen LogP contribution >= 0.6 is 11.3 Å².